The maximum Gasteiger partial charge on any atom is 0.279 e. The normalized spacial score (nSPS) is 20.2. The number of hydrogen-bond donors (Lipinski definition) is 3. The van der Waals surface area contributed by atoms with Gasteiger partial charge >= 0.3 is 0 Å². The van der Waals surface area contributed by atoms with Crippen molar-refractivity contribution < 1.29 is 19.0 Å². The summed E-state index contributed by atoms with van der Waals surface area (Å²) in [4.78, 5) is 14.8. The van der Waals surface area contributed by atoms with Gasteiger partial charge in [0.05, 0.1) is 10.7 Å². The van der Waals surface area contributed by atoms with E-state index in [0.29, 0.717) is 23.8 Å². The lowest BCUT2D eigenvalue weighted by Crippen LogP contribution is -3.28. The summed E-state index contributed by atoms with van der Waals surface area (Å²) in [5.41, 5.74) is 1.41. The maximum atomic E-state index is 13.8. The third kappa shape index (κ3) is 5.01. The van der Waals surface area contributed by atoms with E-state index < -0.39 is 0 Å². The zero-order chi connectivity index (χ0) is 17.6. The number of rotatable bonds is 5. The zero-order valence-electron chi connectivity index (χ0n) is 14.0. The standard InChI is InChI=1S/C19H21ClFN3O/c20-16-6-2-4-8-18(16)22-19(25)14-24-11-9-23(10-12-24)13-15-5-1-3-7-17(15)21/h1-8H,9-14H2,(H,22,25)/p+2. The summed E-state index contributed by atoms with van der Waals surface area (Å²) < 4.78 is 13.8. The molecular weight excluding hydrogens is 341 g/mol. The van der Waals surface area contributed by atoms with Crippen LogP contribution in [0.5, 0.6) is 0 Å². The smallest absolute Gasteiger partial charge is 0.279 e. The van der Waals surface area contributed by atoms with Crippen LogP contribution in [0.4, 0.5) is 10.1 Å². The number of benzene rings is 2. The SMILES string of the molecule is O=C(C[NH+]1CC[NH+](Cc2ccccc2F)CC1)Nc1ccccc1Cl. The van der Waals surface area contributed by atoms with Crippen LogP contribution in [0.3, 0.4) is 0 Å². The second kappa shape index (κ2) is 8.43. The Balaban J connectivity index is 1.45. The van der Waals surface area contributed by atoms with E-state index >= 15 is 0 Å². The molecule has 1 aliphatic rings. The van der Waals surface area contributed by atoms with Crippen molar-refractivity contribution in [3.8, 4) is 0 Å². The van der Waals surface area contributed by atoms with E-state index in [1.165, 1.54) is 15.9 Å². The van der Waals surface area contributed by atoms with Crippen LogP contribution in [0.15, 0.2) is 48.5 Å². The Morgan fingerprint density at radius 1 is 1.00 bits per heavy atom. The van der Waals surface area contributed by atoms with Crippen molar-refractivity contribution in [2.45, 2.75) is 6.54 Å². The van der Waals surface area contributed by atoms with Crippen LogP contribution in [-0.4, -0.2) is 38.6 Å². The summed E-state index contributed by atoms with van der Waals surface area (Å²) in [5, 5.41) is 3.41. The molecule has 3 N–H and O–H groups in total. The quantitative estimate of drug-likeness (QED) is 0.707. The van der Waals surface area contributed by atoms with Crippen LogP contribution in [0, 0.1) is 5.82 Å². The van der Waals surface area contributed by atoms with Gasteiger partial charge in [-0.05, 0) is 18.2 Å². The van der Waals surface area contributed by atoms with Crippen LogP contribution in [-0.2, 0) is 11.3 Å². The summed E-state index contributed by atoms with van der Waals surface area (Å²) in [6, 6.07) is 14.2. The van der Waals surface area contributed by atoms with E-state index in [9.17, 15) is 9.18 Å². The van der Waals surface area contributed by atoms with Gasteiger partial charge in [0, 0.05) is 5.56 Å². The molecule has 3 rings (SSSR count). The average molecular weight is 364 g/mol. The van der Waals surface area contributed by atoms with Gasteiger partial charge in [-0.3, -0.25) is 4.79 Å². The second-order valence-electron chi connectivity index (χ2n) is 6.47. The predicted octanol–water partition coefficient (Wildman–Crippen LogP) is 0.401. The van der Waals surface area contributed by atoms with Crippen LogP contribution < -0.4 is 15.1 Å². The minimum Gasteiger partial charge on any atom is -0.322 e. The van der Waals surface area contributed by atoms with Gasteiger partial charge in [-0.1, -0.05) is 41.9 Å². The lowest BCUT2D eigenvalue weighted by molar-refractivity contribution is -1.02. The first kappa shape index (κ1) is 17.9. The molecule has 4 nitrogen and oxygen atoms in total. The molecule has 0 radical (unpaired) electrons. The number of amides is 1. The lowest BCUT2D eigenvalue weighted by Gasteiger charge is -2.29. The number of hydrogen-bond acceptors (Lipinski definition) is 1. The molecule has 2 aromatic carbocycles. The number of halogens is 2. The highest BCUT2D eigenvalue weighted by Crippen LogP contribution is 2.19. The van der Waals surface area contributed by atoms with Gasteiger partial charge in [0.1, 0.15) is 38.5 Å². The summed E-state index contributed by atoms with van der Waals surface area (Å²) in [6.07, 6.45) is 0. The van der Waals surface area contributed by atoms with E-state index in [1.807, 2.05) is 24.3 Å². The van der Waals surface area contributed by atoms with Gasteiger partial charge in [-0.25, -0.2) is 4.39 Å². The molecule has 1 saturated heterocycles. The Morgan fingerprint density at radius 2 is 1.64 bits per heavy atom. The van der Waals surface area contributed by atoms with Crippen LogP contribution >= 0.6 is 11.6 Å². The molecule has 0 saturated carbocycles. The first-order valence-electron chi connectivity index (χ1n) is 8.57. The average Bonchev–Trinajstić information content (AvgIpc) is 2.61. The fourth-order valence-electron chi connectivity index (χ4n) is 3.21. The fourth-order valence-corrected chi connectivity index (χ4v) is 3.39. The van der Waals surface area contributed by atoms with E-state index in [-0.39, 0.29) is 11.7 Å². The molecule has 132 valence electrons. The molecule has 0 aliphatic carbocycles. The van der Waals surface area contributed by atoms with Crippen molar-refractivity contribution in [1.82, 2.24) is 0 Å². The molecule has 0 spiro atoms. The maximum absolute atomic E-state index is 13.8. The number of quaternary nitrogens is 2. The van der Waals surface area contributed by atoms with E-state index in [0.717, 1.165) is 31.7 Å². The molecule has 0 aromatic heterocycles. The van der Waals surface area contributed by atoms with Crippen molar-refractivity contribution in [3.05, 3.63) is 64.9 Å². The Labute approximate surface area is 152 Å². The zero-order valence-corrected chi connectivity index (χ0v) is 14.8. The summed E-state index contributed by atoms with van der Waals surface area (Å²) in [6.45, 7) is 4.80. The Hall–Kier alpha value is -1.95. The lowest BCUT2D eigenvalue weighted by atomic mass is 10.2. The molecule has 1 amide bonds. The highest BCUT2D eigenvalue weighted by molar-refractivity contribution is 6.33. The molecule has 25 heavy (non-hydrogen) atoms. The van der Waals surface area contributed by atoms with E-state index in [2.05, 4.69) is 5.32 Å². The monoisotopic (exact) mass is 363 g/mol. The molecule has 0 unspecified atom stereocenters. The Bertz CT molecular complexity index is 732. The number of carbonyl (C=O) groups is 1. The first-order valence-corrected chi connectivity index (χ1v) is 8.94. The second-order valence-corrected chi connectivity index (χ2v) is 6.88. The number of nitrogens with one attached hydrogen (secondary N) is 3. The molecule has 6 heteroatoms. The molecule has 1 aliphatic heterocycles. The van der Waals surface area contributed by atoms with Crippen molar-refractivity contribution in [2.24, 2.45) is 0 Å². The highest BCUT2D eigenvalue weighted by Gasteiger charge is 2.25. The molecule has 0 atom stereocenters. The summed E-state index contributed by atoms with van der Waals surface area (Å²) in [7, 11) is 0. The van der Waals surface area contributed by atoms with Gasteiger partial charge in [0.2, 0.25) is 0 Å². The molecule has 1 heterocycles. The Kier molecular flexibility index (Phi) is 6.02. The van der Waals surface area contributed by atoms with Gasteiger partial charge in [0.15, 0.2) is 6.54 Å². The van der Waals surface area contributed by atoms with E-state index in [1.54, 1.807) is 18.2 Å². The molecule has 0 bridgehead atoms. The minimum atomic E-state index is -0.135. The van der Waals surface area contributed by atoms with Gasteiger partial charge < -0.3 is 15.1 Å². The number of para-hydroxylation sites is 1. The van der Waals surface area contributed by atoms with Crippen LogP contribution in [0.1, 0.15) is 5.56 Å². The molecule has 2 aromatic rings. The van der Waals surface area contributed by atoms with E-state index in [4.69, 9.17) is 11.6 Å². The van der Waals surface area contributed by atoms with Gasteiger partial charge in [-0.2, -0.15) is 0 Å². The minimum absolute atomic E-state index is 0.0272. The molecular formula is C19H23ClFN3O+2. The van der Waals surface area contributed by atoms with Crippen molar-refractivity contribution >= 4 is 23.2 Å². The fraction of sp³-hybridized carbons (Fsp3) is 0.316. The molecule has 1 fully saturated rings. The van der Waals surface area contributed by atoms with Crippen molar-refractivity contribution in [1.29, 1.82) is 0 Å². The van der Waals surface area contributed by atoms with Gasteiger partial charge in [-0.15, -0.1) is 0 Å². The number of carbonyl (C=O) groups excluding carboxylic acids is 1. The summed E-state index contributed by atoms with van der Waals surface area (Å²) >= 11 is 6.06. The first-order chi connectivity index (χ1) is 12.1. The third-order valence-electron chi connectivity index (χ3n) is 4.62. The highest BCUT2D eigenvalue weighted by atomic mass is 35.5. The Morgan fingerprint density at radius 3 is 2.36 bits per heavy atom. The van der Waals surface area contributed by atoms with Crippen molar-refractivity contribution in [2.75, 3.05) is 38.0 Å². The summed E-state index contributed by atoms with van der Waals surface area (Å²) in [5.74, 6) is -0.162. The largest absolute Gasteiger partial charge is 0.322 e. The third-order valence-corrected chi connectivity index (χ3v) is 4.95. The number of anilines is 1. The number of piperazine rings is 1. The predicted molar refractivity (Wildman–Crippen MR) is 96.4 cm³/mol. The van der Waals surface area contributed by atoms with Gasteiger partial charge in [0.25, 0.3) is 5.91 Å². The van der Waals surface area contributed by atoms with Crippen LogP contribution in [0.25, 0.3) is 0 Å². The van der Waals surface area contributed by atoms with Crippen molar-refractivity contribution in [3.63, 3.8) is 0 Å². The topological polar surface area (TPSA) is 38.0 Å². The van der Waals surface area contributed by atoms with Crippen LogP contribution in [0.2, 0.25) is 5.02 Å².